The standard InChI is InChI=1S/C26H29N3O2/c1-6-29(7-2)20-10-8-19(9-11-20)26(23-13-12-21(28(4)5)16-18(23)3)24-14-15-27-17-22(24)25(30)31-26/h8-17H,6-7H2,1-5H3. The van der Waals surface area contributed by atoms with Crippen LogP contribution in [-0.4, -0.2) is 38.1 Å². The van der Waals surface area contributed by atoms with Gasteiger partial charge in [0.1, 0.15) is 0 Å². The Balaban J connectivity index is 1.94. The van der Waals surface area contributed by atoms with Crippen molar-refractivity contribution in [2.75, 3.05) is 37.0 Å². The second kappa shape index (κ2) is 8.06. The first-order valence-electron chi connectivity index (χ1n) is 10.7. The van der Waals surface area contributed by atoms with Crippen LogP contribution in [0.5, 0.6) is 0 Å². The summed E-state index contributed by atoms with van der Waals surface area (Å²) < 4.78 is 6.22. The molecule has 0 radical (unpaired) electrons. The van der Waals surface area contributed by atoms with E-state index in [2.05, 4.69) is 78.0 Å². The first-order valence-corrected chi connectivity index (χ1v) is 10.7. The van der Waals surface area contributed by atoms with Crippen molar-refractivity contribution in [2.45, 2.75) is 26.4 Å². The highest BCUT2D eigenvalue weighted by Gasteiger charge is 2.49. The fraction of sp³-hybridized carbons (Fsp3) is 0.308. The molecule has 0 fully saturated rings. The first-order chi connectivity index (χ1) is 14.9. The molecule has 0 saturated heterocycles. The topological polar surface area (TPSA) is 45.7 Å². The number of cyclic esters (lactones) is 1. The number of rotatable bonds is 6. The summed E-state index contributed by atoms with van der Waals surface area (Å²) in [7, 11) is 4.04. The molecule has 1 aliphatic rings. The summed E-state index contributed by atoms with van der Waals surface area (Å²) in [6.07, 6.45) is 3.33. The average molecular weight is 416 g/mol. The number of aryl methyl sites for hydroxylation is 1. The number of fused-ring (bicyclic) bond motifs is 1. The fourth-order valence-corrected chi connectivity index (χ4v) is 4.50. The minimum Gasteiger partial charge on any atom is -0.441 e. The summed E-state index contributed by atoms with van der Waals surface area (Å²) in [5.41, 5.74) is 5.59. The van der Waals surface area contributed by atoms with E-state index in [0.29, 0.717) is 5.56 Å². The van der Waals surface area contributed by atoms with E-state index in [9.17, 15) is 4.79 Å². The number of anilines is 2. The van der Waals surface area contributed by atoms with Gasteiger partial charge in [-0.3, -0.25) is 4.98 Å². The number of esters is 1. The van der Waals surface area contributed by atoms with Gasteiger partial charge in [-0.15, -0.1) is 0 Å². The zero-order chi connectivity index (χ0) is 22.2. The molecule has 31 heavy (non-hydrogen) atoms. The summed E-state index contributed by atoms with van der Waals surface area (Å²) in [5.74, 6) is -0.341. The van der Waals surface area contributed by atoms with Crippen LogP contribution in [0.3, 0.4) is 0 Å². The van der Waals surface area contributed by atoms with Crippen molar-refractivity contribution in [3.8, 4) is 0 Å². The third-order valence-electron chi connectivity index (χ3n) is 6.17. The summed E-state index contributed by atoms with van der Waals surface area (Å²) in [6, 6.07) is 16.6. The van der Waals surface area contributed by atoms with Gasteiger partial charge in [-0.05, 0) is 56.7 Å². The van der Waals surface area contributed by atoms with E-state index in [4.69, 9.17) is 4.74 Å². The van der Waals surface area contributed by atoms with E-state index >= 15 is 0 Å². The van der Waals surface area contributed by atoms with Crippen LogP contribution in [0.25, 0.3) is 0 Å². The Hall–Kier alpha value is -3.34. The number of carbonyl (C=O) groups excluding carboxylic acids is 1. The van der Waals surface area contributed by atoms with Gasteiger partial charge in [0.15, 0.2) is 5.60 Å². The molecule has 2 aromatic carbocycles. The van der Waals surface area contributed by atoms with Crippen LogP contribution in [0, 0.1) is 6.92 Å². The van der Waals surface area contributed by atoms with E-state index in [0.717, 1.165) is 46.7 Å². The average Bonchev–Trinajstić information content (AvgIpc) is 3.08. The van der Waals surface area contributed by atoms with Crippen LogP contribution in [-0.2, 0) is 10.3 Å². The normalized spacial score (nSPS) is 17.3. The van der Waals surface area contributed by atoms with Crippen LogP contribution in [0.15, 0.2) is 60.9 Å². The lowest BCUT2D eigenvalue weighted by atomic mass is 9.78. The molecule has 5 nitrogen and oxygen atoms in total. The van der Waals surface area contributed by atoms with Gasteiger partial charge in [0.2, 0.25) is 0 Å². The van der Waals surface area contributed by atoms with Crippen LogP contribution < -0.4 is 9.80 Å². The molecule has 0 spiro atoms. The van der Waals surface area contributed by atoms with Crippen molar-refractivity contribution in [3.05, 3.63) is 88.7 Å². The van der Waals surface area contributed by atoms with Gasteiger partial charge in [-0.2, -0.15) is 0 Å². The summed E-state index contributed by atoms with van der Waals surface area (Å²) in [6.45, 7) is 8.25. The molecule has 0 bridgehead atoms. The number of ether oxygens (including phenoxy) is 1. The largest absolute Gasteiger partial charge is 0.441 e. The molecular weight excluding hydrogens is 386 g/mol. The minimum absolute atomic E-state index is 0.341. The van der Waals surface area contributed by atoms with Crippen molar-refractivity contribution in [1.82, 2.24) is 4.98 Å². The van der Waals surface area contributed by atoms with Crippen molar-refractivity contribution in [1.29, 1.82) is 0 Å². The quantitative estimate of drug-likeness (QED) is 0.543. The van der Waals surface area contributed by atoms with E-state index in [-0.39, 0.29) is 5.97 Å². The Bertz CT molecular complexity index is 1100. The van der Waals surface area contributed by atoms with E-state index in [1.54, 1.807) is 12.4 Å². The maximum absolute atomic E-state index is 12.9. The molecule has 2 heterocycles. The van der Waals surface area contributed by atoms with Gasteiger partial charge in [0, 0.05) is 67.6 Å². The lowest BCUT2D eigenvalue weighted by molar-refractivity contribution is 0.0250. The van der Waals surface area contributed by atoms with Crippen molar-refractivity contribution < 1.29 is 9.53 Å². The molecule has 1 unspecified atom stereocenters. The Labute approximate surface area is 184 Å². The third-order valence-corrected chi connectivity index (χ3v) is 6.17. The maximum atomic E-state index is 12.9. The van der Waals surface area contributed by atoms with Crippen LogP contribution >= 0.6 is 0 Å². The van der Waals surface area contributed by atoms with Crippen LogP contribution in [0.2, 0.25) is 0 Å². The smallest absolute Gasteiger partial charge is 0.341 e. The highest BCUT2D eigenvalue weighted by atomic mass is 16.6. The number of hydrogen-bond donors (Lipinski definition) is 0. The molecule has 4 rings (SSSR count). The second-order valence-electron chi connectivity index (χ2n) is 8.10. The number of hydrogen-bond acceptors (Lipinski definition) is 5. The second-order valence-corrected chi connectivity index (χ2v) is 8.10. The molecule has 1 aromatic heterocycles. The highest BCUT2D eigenvalue weighted by Crippen LogP contribution is 2.48. The molecule has 3 aromatic rings. The van der Waals surface area contributed by atoms with E-state index < -0.39 is 5.60 Å². The van der Waals surface area contributed by atoms with Gasteiger partial charge in [0.25, 0.3) is 0 Å². The predicted octanol–water partition coefficient (Wildman–Crippen LogP) is 4.76. The Morgan fingerprint density at radius 1 is 0.935 bits per heavy atom. The number of nitrogens with zero attached hydrogens (tertiary/aromatic N) is 3. The van der Waals surface area contributed by atoms with Crippen LogP contribution in [0.1, 0.15) is 46.5 Å². The van der Waals surface area contributed by atoms with Crippen molar-refractivity contribution in [2.24, 2.45) is 0 Å². The number of benzene rings is 2. The number of carbonyl (C=O) groups is 1. The molecule has 0 saturated carbocycles. The third kappa shape index (κ3) is 3.34. The molecule has 0 amide bonds. The summed E-state index contributed by atoms with van der Waals surface area (Å²) in [5, 5.41) is 0. The van der Waals surface area contributed by atoms with Crippen LogP contribution in [0.4, 0.5) is 11.4 Å². The molecular formula is C26H29N3O2. The lowest BCUT2D eigenvalue weighted by Crippen LogP contribution is -2.31. The molecule has 1 aliphatic heterocycles. The molecule has 0 N–H and O–H groups in total. The SMILES string of the molecule is CCN(CC)c1ccc(C2(c3ccc(N(C)C)cc3C)OC(=O)c3cnccc32)cc1. The minimum atomic E-state index is -0.994. The summed E-state index contributed by atoms with van der Waals surface area (Å²) in [4.78, 5) is 21.4. The van der Waals surface area contributed by atoms with Crippen molar-refractivity contribution >= 4 is 17.3 Å². The lowest BCUT2D eigenvalue weighted by Gasteiger charge is -2.32. The number of pyridine rings is 1. The van der Waals surface area contributed by atoms with E-state index in [1.807, 2.05) is 20.2 Å². The molecule has 160 valence electrons. The van der Waals surface area contributed by atoms with Gasteiger partial charge < -0.3 is 14.5 Å². The van der Waals surface area contributed by atoms with Gasteiger partial charge in [-0.1, -0.05) is 18.2 Å². The Morgan fingerprint density at radius 2 is 1.61 bits per heavy atom. The maximum Gasteiger partial charge on any atom is 0.341 e. The molecule has 1 atom stereocenters. The summed E-state index contributed by atoms with van der Waals surface area (Å²) >= 11 is 0. The highest BCUT2D eigenvalue weighted by molar-refractivity contribution is 5.96. The zero-order valence-corrected chi connectivity index (χ0v) is 18.8. The van der Waals surface area contributed by atoms with E-state index in [1.165, 1.54) is 0 Å². The zero-order valence-electron chi connectivity index (χ0n) is 18.8. The molecule has 0 aliphatic carbocycles. The fourth-order valence-electron chi connectivity index (χ4n) is 4.50. The van der Waals surface area contributed by atoms with Crippen molar-refractivity contribution in [3.63, 3.8) is 0 Å². The van der Waals surface area contributed by atoms with Gasteiger partial charge in [-0.25, -0.2) is 4.79 Å². The monoisotopic (exact) mass is 415 g/mol. The molecule has 5 heteroatoms. The van der Waals surface area contributed by atoms with Gasteiger partial charge >= 0.3 is 5.97 Å². The Kier molecular flexibility index (Phi) is 5.44. The van der Waals surface area contributed by atoms with Gasteiger partial charge in [0.05, 0.1) is 5.56 Å². The Morgan fingerprint density at radius 3 is 2.23 bits per heavy atom. The first kappa shape index (κ1) is 20.9. The number of aromatic nitrogens is 1. The predicted molar refractivity (Wildman–Crippen MR) is 125 cm³/mol.